The van der Waals surface area contributed by atoms with Gasteiger partial charge in [-0.25, -0.2) is 0 Å². The highest BCUT2D eigenvalue weighted by molar-refractivity contribution is 6.07. The van der Waals surface area contributed by atoms with Crippen molar-refractivity contribution in [1.29, 1.82) is 0 Å². The number of nitrogens with zero attached hydrogens (tertiary/aromatic N) is 1. The Bertz CT molecular complexity index is 1310. The molecule has 1 fully saturated rings. The summed E-state index contributed by atoms with van der Waals surface area (Å²) in [6.45, 7) is 1.30. The lowest BCUT2D eigenvalue weighted by atomic mass is 9.81. The molecule has 0 aromatic heterocycles. The molecule has 3 atom stereocenters. The van der Waals surface area contributed by atoms with Crippen molar-refractivity contribution in [2.45, 2.75) is 44.6 Å². The summed E-state index contributed by atoms with van der Waals surface area (Å²) in [7, 11) is 0. The van der Waals surface area contributed by atoms with Crippen LogP contribution in [0, 0.1) is 11.8 Å². The third-order valence-electron chi connectivity index (χ3n) is 7.91. The zero-order valence-electron chi connectivity index (χ0n) is 22.1. The molecular formula is C32H36N4O3. The van der Waals surface area contributed by atoms with Gasteiger partial charge in [0.05, 0.1) is 30.3 Å². The largest absolute Gasteiger partial charge is 0.352 e. The molecule has 3 aromatic carbocycles. The van der Waals surface area contributed by atoms with Crippen LogP contribution in [0.25, 0.3) is 0 Å². The first-order chi connectivity index (χ1) is 19.0. The first-order valence-corrected chi connectivity index (χ1v) is 13.8. The third kappa shape index (κ3) is 6.37. The van der Waals surface area contributed by atoms with Crippen molar-refractivity contribution in [3.05, 3.63) is 95.6 Å². The Morgan fingerprint density at radius 2 is 1.67 bits per heavy atom. The number of hydrogen-bond donors (Lipinski definition) is 3. The van der Waals surface area contributed by atoms with Crippen LogP contribution in [0.3, 0.4) is 0 Å². The number of hydrogen-bond acceptors (Lipinski definition) is 4. The molecule has 7 nitrogen and oxygen atoms in total. The SMILES string of the molecule is NCC1CCCC(CNC(=O)c2ccc3c(c2)NC(=O)CC(c2ccccc2)N3C(=O)Cc2ccccc2)C1. The highest BCUT2D eigenvalue weighted by atomic mass is 16.2. The number of fused-ring (bicyclic) bond motifs is 1. The minimum Gasteiger partial charge on any atom is -0.352 e. The summed E-state index contributed by atoms with van der Waals surface area (Å²) in [6, 6.07) is 23.9. The smallest absolute Gasteiger partial charge is 0.251 e. The molecule has 202 valence electrons. The van der Waals surface area contributed by atoms with Crippen molar-refractivity contribution in [2.75, 3.05) is 23.3 Å². The van der Waals surface area contributed by atoms with Crippen LogP contribution >= 0.6 is 0 Å². The van der Waals surface area contributed by atoms with Gasteiger partial charge >= 0.3 is 0 Å². The Morgan fingerprint density at radius 3 is 2.41 bits per heavy atom. The molecule has 4 N–H and O–H groups in total. The van der Waals surface area contributed by atoms with Gasteiger partial charge in [-0.1, -0.05) is 67.1 Å². The number of anilines is 2. The van der Waals surface area contributed by atoms with Crippen molar-refractivity contribution in [3.63, 3.8) is 0 Å². The van der Waals surface area contributed by atoms with Gasteiger partial charge in [-0.2, -0.15) is 0 Å². The molecule has 0 radical (unpaired) electrons. The van der Waals surface area contributed by atoms with E-state index in [0.717, 1.165) is 36.8 Å². The summed E-state index contributed by atoms with van der Waals surface area (Å²) in [4.78, 5) is 41.7. The van der Waals surface area contributed by atoms with Crippen LogP contribution in [0.15, 0.2) is 78.9 Å². The quantitative estimate of drug-likeness (QED) is 0.411. The second kappa shape index (κ2) is 12.3. The molecule has 1 aliphatic heterocycles. The normalized spacial score (nSPS) is 20.9. The second-order valence-corrected chi connectivity index (χ2v) is 10.7. The van der Waals surface area contributed by atoms with Gasteiger partial charge in [0.1, 0.15) is 0 Å². The van der Waals surface area contributed by atoms with E-state index >= 15 is 0 Å². The Morgan fingerprint density at radius 1 is 0.949 bits per heavy atom. The summed E-state index contributed by atoms with van der Waals surface area (Å²) >= 11 is 0. The molecule has 1 heterocycles. The average Bonchev–Trinajstić information content (AvgIpc) is 3.12. The van der Waals surface area contributed by atoms with E-state index in [-0.39, 0.29) is 30.6 Å². The highest BCUT2D eigenvalue weighted by Crippen LogP contribution is 2.39. The Balaban J connectivity index is 1.42. The van der Waals surface area contributed by atoms with Crippen LogP contribution in [-0.4, -0.2) is 30.8 Å². The summed E-state index contributed by atoms with van der Waals surface area (Å²) in [5.74, 6) is 0.451. The maximum absolute atomic E-state index is 13.8. The lowest BCUT2D eigenvalue weighted by Crippen LogP contribution is -2.36. The second-order valence-electron chi connectivity index (χ2n) is 10.7. The van der Waals surface area contributed by atoms with Crippen molar-refractivity contribution in [3.8, 4) is 0 Å². The molecule has 0 spiro atoms. The molecule has 39 heavy (non-hydrogen) atoms. The number of nitrogens with one attached hydrogen (secondary N) is 2. The van der Waals surface area contributed by atoms with Crippen molar-refractivity contribution in [1.82, 2.24) is 5.32 Å². The van der Waals surface area contributed by atoms with E-state index in [2.05, 4.69) is 10.6 Å². The average molecular weight is 525 g/mol. The molecule has 0 saturated heterocycles. The monoisotopic (exact) mass is 524 g/mol. The molecular weight excluding hydrogens is 488 g/mol. The summed E-state index contributed by atoms with van der Waals surface area (Å²) in [5, 5.41) is 6.03. The standard InChI is InChI=1S/C32H36N4O3/c33-20-23-10-7-11-24(16-23)21-34-32(39)26-14-15-28-27(18-26)35-30(37)19-29(25-12-5-2-6-13-25)36(28)31(38)17-22-8-3-1-4-9-22/h1-6,8-9,12-15,18,23-24,29H,7,10-11,16-17,19-21,33H2,(H,34,39)(H,35,37). The number of carbonyl (C=O) groups excluding carboxylic acids is 3. The predicted molar refractivity (Wildman–Crippen MR) is 153 cm³/mol. The molecule has 3 amide bonds. The molecule has 1 aliphatic carbocycles. The van der Waals surface area contributed by atoms with Gasteiger partial charge in [-0.15, -0.1) is 0 Å². The summed E-state index contributed by atoms with van der Waals surface area (Å²) in [6.07, 6.45) is 4.75. The Hall–Kier alpha value is -3.97. The zero-order valence-corrected chi connectivity index (χ0v) is 22.1. The van der Waals surface area contributed by atoms with Gasteiger partial charge in [0, 0.05) is 12.1 Å². The van der Waals surface area contributed by atoms with Crippen LogP contribution in [0.5, 0.6) is 0 Å². The minimum atomic E-state index is -0.467. The van der Waals surface area contributed by atoms with Gasteiger partial charge < -0.3 is 21.3 Å². The van der Waals surface area contributed by atoms with Gasteiger partial charge in [-0.05, 0) is 67.0 Å². The highest BCUT2D eigenvalue weighted by Gasteiger charge is 2.34. The van der Waals surface area contributed by atoms with E-state index < -0.39 is 6.04 Å². The van der Waals surface area contributed by atoms with Crippen LogP contribution in [0.4, 0.5) is 11.4 Å². The topological polar surface area (TPSA) is 105 Å². The Kier molecular flexibility index (Phi) is 8.37. The molecule has 3 aromatic rings. The van der Waals surface area contributed by atoms with Crippen LogP contribution in [0.1, 0.15) is 59.6 Å². The maximum Gasteiger partial charge on any atom is 0.251 e. The Labute approximate surface area is 229 Å². The van der Waals surface area contributed by atoms with Crippen molar-refractivity contribution >= 4 is 29.1 Å². The molecule has 1 saturated carbocycles. The first-order valence-electron chi connectivity index (χ1n) is 13.8. The first kappa shape index (κ1) is 26.6. The predicted octanol–water partition coefficient (Wildman–Crippen LogP) is 4.84. The molecule has 3 unspecified atom stereocenters. The van der Waals surface area contributed by atoms with E-state index in [1.807, 2.05) is 60.7 Å². The third-order valence-corrected chi connectivity index (χ3v) is 7.91. The van der Waals surface area contributed by atoms with Gasteiger partial charge in [-0.3, -0.25) is 14.4 Å². The molecule has 0 bridgehead atoms. The lowest BCUT2D eigenvalue weighted by Gasteiger charge is -2.31. The van der Waals surface area contributed by atoms with Crippen molar-refractivity contribution in [2.24, 2.45) is 17.6 Å². The lowest BCUT2D eigenvalue weighted by molar-refractivity contribution is -0.119. The van der Waals surface area contributed by atoms with Crippen LogP contribution < -0.4 is 21.3 Å². The summed E-state index contributed by atoms with van der Waals surface area (Å²) < 4.78 is 0. The maximum atomic E-state index is 13.8. The number of rotatable bonds is 7. The fraction of sp³-hybridized carbons (Fsp3) is 0.344. The van der Waals surface area contributed by atoms with E-state index in [1.54, 1.807) is 23.1 Å². The van der Waals surface area contributed by atoms with E-state index in [9.17, 15) is 14.4 Å². The fourth-order valence-electron chi connectivity index (χ4n) is 5.87. The molecule has 5 rings (SSSR count). The van der Waals surface area contributed by atoms with Gasteiger partial charge in [0.25, 0.3) is 5.91 Å². The van der Waals surface area contributed by atoms with Crippen LogP contribution in [-0.2, 0) is 16.0 Å². The molecule has 7 heteroatoms. The zero-order chi connectivity index (χ0) is 27.2. The minimum absolute atomic E-state index is 0.114. The van der Waals surface area contributed by atoms with E-state index in [0.29, 0.717) is 41.9 Å². The van der Waals surface area contributed by atoms with Gasteiger partial charge in [0.2, 0.25) is 11.8 Å². The van der Waals surface area contributed by atoms with E-state index in [4.69, 9.17) is 5.73 Å². The number of amides is 3. The summed E-state index contributed by atoms with van der Waals surface area (Å²) in [5.41, 5.74) is 9.16. The van der Waals surface area contributed by atoms with Gasteiger partial charge in [0.15, 0.2) is 0 Å². The number of carbonyl (C=O) groups is 3. The number of nitrogens with two attached hydrogens (primary N) is 1. The van der Waals surface area contributed by atoms with Crippen molar-refractivity contribution < 1.29 is 14.4 Å². The molecule has 2 aliphatic rings. The number of benzene rings is 3. The fourth-order valence-corrected chi connectivity index (χ4v) is 5.87. The van der Waals surface area contributed by atoms with Crippen LogP contribution in [0.2, 0.25) is 0 Å². The van der Waals surface area contributed by atoms with E-state index in [1.165, 1.54) is 0 Å².